The first kappa shape index (κ1) is 19.8. The zero-order valence-electron chi connectivity index (χ0n) is 16.8. The zero-order valence-corrected chi connectivity index (χ0v) is 16.8. The number of carbonyl (C=O) groups excluding carboxylic acids is 1. The number of carbonyl (C=O) groups is 1. The first-order valence-electron chi connectivity index (χ1n) is 10.1. The second-order valence-electron chi connectivity index (χ2n) is 7.73. The van der Waals surface area contributed by atoms with Gasteiger partial charge in [-0.2, -0.15) is 5.10 Å². The summed E-state index contributed by atoms with van der Waals surface area (Å²) in [6, 6.07) is 15.3. The second kappa shape index (κ2) is 8.92. The van der Waals surface area contributed by atoms with Crippen LogP contribution >= 0.6 is 0 Å². The highest BCUT2D eigenvalue weighted by Gasteiger charge is 2.20. The summed E-state index contributed by atoms with van der Waals surface area (Å²) >= 11 is 0. The van der Waals surface area contributed by atoms with Crippen molar-refractivity contribution in [2.75, 3.05) is 17.6 Å². The lowest BCUT2D eigenvalue weighted by Crippen LogP contribution is -2.23. The molecule has 0 aliphatic heterocycles. The highest BCUT2D eigenvalue weighted by molar-refractivity contribution is 6.48. The third kappa shape index (κ3) is 5.12. The van der Waals surface area contributed by atoms with Crippen molar-refractivity contribution in [3.05, 3.63) is 77.6 Å². The van der Waals surface area contributed by atoms with E-state index in [1.54, 1.807) is 41.3 Å². The number of benzene rings is 2. The van der Waals surface area contributed by atoms with E-state index in [1.807, 2.05) is 0 Å². The van der Waals surface area contributed by atoms with Crippen molar-refractivity contribution < 1.29 is 9.07 Å². The largest absolute Gasteiger partial charge is 0.398 e. The van der Waals surface area contributed by atoms with Gasteiger partial charge in [-0.05, 0) is 42.5 Å². The molecule has 4 rings (SSSR count). The molecule has 5 N–H and O–H groups in total. The minimum Gasteiger partial charge on any atom is -0.398 e. The Morgan fingerprint density at radius 3 is 2.63 bits per heavy atom. The van der Waals surface area contributed by atoms with Gasteiger partial charge in [0.05, 0.1) is 18.4 Å². The summed E-state index contributed by atoms with van der Waals surface area (Å²) in [5.74, 6) is 0.364. The minimum atomic E-state index is -0.518. The fourth-order valence-electron chi connectivity index (χ4n) is 3.25. The summed E-state index contributed by atoms with van der Waals surface area (Å²) in [5.41, 5.74) is 9.44. The summed E-state index contributed by atoms with van der Waals surface area (Å²) in [5, 5.41) is 18.6. The predicted molar refractivity (Wildman–Crippen MR) is 125 cm³/mol. The Morgan fingerprint density at radius 2 is 1.90 bits per heavy atom. The molecule has 2 aromatic carbocycles. The number of aromatic nitrogens is 2. The Bertz CT molecular complexity index is 1050. The normalized spacial score (nSPS) is 13.2. The van der Waals surface area contributed by atoms with Crippen molar-refractivity contribution in [1.29, 1.82) is 5.41 Å². The fraction of sp³-hybridized carbons (Fsp3) is 0.261. The Balaban J connectivity index is 0.00000181. The molecular formula is C23H32N6O. The molecule has 7 heteroatoms. The quantitative estimate of drug-likeness (QED) is 0.319. The van der Waals surface area contributed by atoms with Gasteiger partial charge in [-0.1, -0.05) is 42.5 Å². The number of nitrogens with zero attached hydrogens (tertiary/aromatic N) is 2. The molecule has 0 atom stereocenters. The van der Waals surface area contributed by atoms with E-state index in [0.29, 0.717) is 23.5 Å². The first-order chi connectivity index (χ1) is 14.6. The lowest BCUT2D eigenvalue weighted by molar-refractivity contribution is -0.110. The van der Waals surface area contributed by atoms with Crippen LogP contribution in [0.2, 0.25) is 0 Å². The third-order valence-electron chi connectivity index (χ3n) is 5.17. The van der Waals surface area contributed by atoms with Crippen molar-refractivity contribution in [1.82, 2.24) is 15.1 Å². The van der Waals surface area contributed by atoms with Crippen molar-refractivity contribution in [3.8, 4) is 0 Å². The maximum atomic E-state index is 12.4. The summed E-state index contributed by atoms with van der Waals surface area (Å²) in [7, 11) is 0. The Morgan fingerprint density at radius 1 is 1.17 bits per heavy atom. The van der Waals surface area contributed by atoms with Gasteiger partial charge < -0.3 is 16.4 Å². The topological polar surface area (TPSA) is 109 Å². The maximum absolute atomic E-state index is 12.4. The molecule has 160 valence electrons. The van der Waals surface area contributed by atoms with Gasteiger partial charge >= 0.3 is 0 Å². The van der Waals surface area contributed by atoms with Crippen molar-refractivity contribution in [3.63, 3.8) is 0 Å². The molecule has 1 aromatic heterocycles. The van der Waals surface area contributed by atoms with Gasteiger partial charge in [0.15, 0.2) is 0 Å². The van der Waals surface area contributed by atoms with Crippen LogP contribution in [0, 0.1) is 11.3 Å². The molecule has 1 aliphatic rings. The number of nitrogens with one attached hydrogen (secondary N) is 3. The molecule has 1 fully saturated rings. The zero-order chi connectivity index (χ0) is 20.9. The SMILES string of the molecule is N=C(C(=O)Nc1cnn(Cc2ccc(CNCC3CC3)cc2)c1)c1ccccc1N.[HH].[HH].[HH]. The molecule has 0 radical (unpaired) electrons. The summed E-state index contributed by atoms with van der Waals surface area (Å²) in [4.78, 5) is 12.4. The smallest absolute Gasteiger partial charge is 0.274 e. The monoisotopic (exact) mass is 408 g/mol. The Labute approximate surface area is 180 Å². The number of anilines is 2. The van der Waals surface area contributed by atoms with E-state index >= 15 is 0 Å². The number of hydrogen-bond acceptors (Lipinski definition) is 5. The highest BCUT2D eigenvalue weighted by atomic mass is 16.1. The Hall–Kier alpha value is -3.45. The van der Waals surface area contributed by atoms with E-state index < -0.39 is 5.91 Å². The second-order valence-corrected chi connectivity index (χ2v) is 7.73. The van der Waals surface area contributed by atoms with Gasteiger partial charge in [-0.25, -0.2) is 0 Å². The number of rotatable bonds is 9. The van der Waals surface area contributed by atoms with Gasteiger partial charge in [0.25, 0.3) is 5.91 Å². The summed E-state index contributed by atoms with van der Waals surface area (Å²) < 4.78 is 1.76. The number of nitrogen functional groups attached to an aromatic ring is 1. The van der Waals surface area contributed by atoms with Crippen LogP contribution in [0.1, 0.15) is 33.8 Å². The number of nitrogens with two attached hydrogens (primary N) is 1. The molecule has 1 amide bonds. The molecule has 0 spiro atoms. The molecule has 0 saturated heterocycles. The van der Waals surface area contributed by atoms with Crippen molar-refractivity contribution in [2.45, 2.75) is 25.9 Å². The number of hydrogen-bond donors (Lipinski definition) is 4. The molecule has 7 nitrogen and oxygen atoms in total. The standard InChI is InChI=1S/C23H26N6O.3H2/c24-21-4-2-1-3-20(21)22(25)23(30)28-19-13-27-29(15-19)14-18-9-7-17(8-10-18)12-26-11-16-5-6-16;;;/h1-4,7-10,13,15-16,25-26H,5-6,11-12,14,24H2,(H,28,30);3*1H. The van der Waals surface area contributed by atoms with E-state index in [2.05, 4.69) is 40.0 Å². The highest BCUT2D eigenvalue weighted by Crippen LogP contribution is 2.27. The van der Waals surface area contributed by atoms with Crippen LogP contribution in [-0.4, -0.2) is 27.9 Å². The predicted octanol–water partition coefficient (Wildman–Crippen LogP) is 3.76. The molecule has 0 bridgehead atoms. The first-order valence-corrected chi connectivity index (χ1v) is 10.1. The number of amides is 1. The average molecular weight is 409 g/mol. The molecular weight excluding hydrogens is 376 g/mol. The fourth-order valence-corrected chi connectivity index (χ4v) is 3.25. The third-order valence-corrected chi connectivity index (χ3v) is 5.17. The average Bonchev–Trinajstić information content (AvgIpc) is 3.47. The lowest BCUT2D eigenvalue weighted by Gasteiger charge is -2.07. The van der Waals surface area contributed by atoms with E-state index in [0.717, 1.165) is 24.6 Å². The van der Waals surface area contributed by atoms with Gasteiger partial charge in [-0.3, -0.25) is 14.9 Å². The van der Waals surface area contributed by atoms with E-state index in [1.165, 1.54) is 18.4 Å². The van der Waals surface area contributed by atoms with Gasteiger partial charge in [-0.15, -0.1) is 0 Å². The van der Waals surface area contributed by atoms with Crippen LogP contribution in [-0.2, 0) is 17.9 Å². The molecule has 0 unspecified atom stereocenters. The molecule has 3 aromatic rings. The van der Waals surface area contributed by atoms with Crippen LogP contribution in [0.3, 0.4) is 0 Å². The van der Waals surface area contributed by atoms with Crippen LogP contribution in [0.25, 0.3) is 0 Å². The number of para-hydroxylation sites is 1. The summed E-state index contributed by atoms with van der Waals surface area (Å²) in [6.07, 6.45) is 6.06. The van der Waals surface area contributed by atoms with Crippen LogP contribution in [0.4, 0.5) is 11.4 Å². The molecule has 30 heavy (non-hydrogen) atoms. The Kier molecular flexibility index (Phi) is 5.90. The minimum absolute atomic E-state index is 0. The van der Waals surface area contributed by atoms with E-state index in [9.17, 15) is 4.79 Å². The van der Waals surface area contributed by atoms with Crippen LogP contribution < -0.4 is 16.4 Å². The van der Waals surface area contributed by atoms with Crippen LogP contribution in [0.5, 0.6) is 0 Å². The van der Waals surface area contributed by atoms with Gasteiger partial charge in [0.1, 0.15) is 5.71 Å². The van der Waals surface area contributed by atoms with Crippen molar-refractivity contribution in [2.24, 2.45) is 5.92 Å². The van der Waals surface area contributed by atoms with E-state index in [4.69, 9.17) is 11.1 Å². The maximum Gasteiger partial charge on any atom is 0.274 e. The van der Waals surface area contributed by atoms with E-state index in [-0.39, 0.29) is 9.99 Å². The van der Waals surface area contributed by atoms with Crippen molar-refractivity contribution >= 4 is 23.0 Å². The lowest BCUT2D eigenvalue weighted by atomic mass is 10.1. The molecule has 1 saturated carbocycles. The molecule has 1 aliphatic carbocycles. The molecule has 1 heterocycles. The van der Waals surface area contributed by atoms with Gasteiger partial charge in [0.2, 0.25) is 0 Å². The van der Waals surface area contributed by atoms with Gasteiger partial charge in [0, 0.05) is 28.3 Å². The summed E-state index contributed by atoms with van der Waals surface area (Å²) in [6.45, 7) is 2.61. The van der Waals surface area contributed by atoms with Crippen LogP contribution in [0.15, 0.2) is 60.9 Å².